The monoisotopic (exact) mass is 1170 g/mol. The molecule has 0 aliphatic carbocycles. The third-order valence-electron chi connectivity index (χ3n) is 14.5. The van der Waals surface area contributed by atoms with Crippen molar-refractivity contribution in [3.05, 3.63) is 249 Å². The maximum absolute atomic E-state index is 12.4. The molecule has 0 radical (unpaired) electrons. The topological polar surface area (TPSA) is 135 Å². The molecule has 0 aliphatic heterocycles. The van der Waals surface area contributed by atoms with Gasteiger partial charge in [-0.25, -0.2) is 19.9 Å². The van der Waals surface area contributed by atoms with Gasteiger partial charge in [0.2, 0.25) is 0 Å². The minimum Gasteiger partial charge on any atom is -0.372 e. The normalized spacial score (nSPS) is 12.3. The average Bonchev–Trinajstić information content (AvgIpc) is 1.89. The van der Waals surface area contributed by atoms with Gasteiger partial charge in [-0.05, 0) is 48.5 Å². The summed E-state index contributed by atoms with van der Waals surface area (Å²) in [6, 6.07) is 68.9. The Bertz CT molecular complexity index is 4640. The van der Waals surface area contributed by atoms with E-state index >= 15 is 0 Å². The Hall–Kier alpha value is -8.95. The van der Waals surface area contributed by atoms with Crippen LogP contribution in [-0.4, -0.2) is 52.6 Å². The highest BCUT2D eigenvalue weighted by molar-refractivity contribution is 7.22. The van der Waals surface area contributed by atoms with E-state index in [-0.39, 0.29) is 32.6 Å². The fourth-order valence-corrected chi connectivity index (χ4v) is 13.7. The second-order valence-electron chi connectivity index (χ2n) is 19.3. The lowest BCUT2D eigenvalue weighted by atomic mass is 9.50. The van der Waals surface area contributed by atoms with Gasteiger partial charge in [-0.3, -0.25) is 9.97 Å². The number of halogens is 4. The van der Waals surface area contributed by atoms with Crippen LogP contribution in [0.5, 0.6) is 0 Å². The van der Waals surface area contributed by atoms with Gasteiger partial charge < -0.3 is 8.96 Å². The number of rotatable bonds is 10. The predicted octanol–water partition coefficient (Wildman–Crippen LogP) is 12.2. The Morgan fingerprint density at radius 2 is 0.707 bits per heavy atom. The van der Waals surface area contributed by atoms with E-state index in [4.69, 9.17) is 76.3 Å². The summed E-state index contributed by atoms with van der Waals surface area (Å²) in [4.78, 5) is 31.3. The van der Waals surface area contributed by atoms with Crippen LogP contribution in [0.1, 0.15) is 11.4 Å². The zero-order valence-electron chi connectivity index (χ0n) is 42.6. The van der Waals surface area contributed by atoms with Crippen LogP contribution >= 0.6 is 69.1 Å². The van der Waals surface area contributed by atoms with Crippen LogP contribution in [0, 0.1) is 22.7 Å². The number of para-hydroxylation sites is 2. The Balaban J connectivity index is 1.34. The summed E-state index contributed by atoms with van der Waals surface area (Å²) in [5, 5.41) is 29.3. The van der Waals surface area contributed by atoms with E-state index in [1.807, 2.05) is 109 Å². The predicted molar refractivity (Wildman–Crippen MR) is 338 cm³/mol. The number of fused-ring (bicyclic) bond motifs is 5. The molecule has 6 aromatic heterocycles. The van der Waals surface area contributed by atoms with Crippen molar-refractivity contribution in [3.63, 3.8) is 0 Å². The summed E-state index contributed by atoms with van der Waals surface area (Å²) in [5.74, 6) is 0. The van der Waals surface area contributed by atoms with Crippen molar-refractivity contribution in [1.82, 2.24) is 38.9 Å². The number of hydrogen-bond acceptors (Lipinski definition) is 10. The van der Waals surface area contributed by atoms with Crippen molar-refractivity contribution in [1.29, 1.82) is 10.5 Å². The van der Waals surface area contributed by atoms with Crippen molar-refractivity contribution < 1.29 is 0 Å². The van der Waals surface area contributed by atoms with Gasteiger partial charge in [0.25, 0.3) is 0 Å². The first-order valence-corrected chi connectivity index (χ1v) is 28.9. The van der Waals surface area contributed by atoms with Crippen LogP contribution in [0.4, 0.5) is 0 Å². The van der Waals surface area contributed by atoms with Crippen LogP contribution in [0.25, 0.3) is 85.8 Å². The van der Waals surface area contributed by atoms with Gasteiger partial charge in [0.1, 0.15) is 44.7 Å². The molecule has 14 rings (SSSR count). The van der Waals surface area contributed by atoms with Crippen molar-refractivity contribution in [2.24, 2.45) is 0 Å². The molecule has 0 N–H and O–H groups in total. The molecule has 0 saturated carbocycles. The van der Waals surface area contributed by atoms with Gasteiger partial charge >= 0.3 is 13.7 Å². The molecule has 82 heavy (non-hydrogen) atoms. The molecule has 0 unspecified atom stereocenters. The Kier molecular flexibility index (Phi) is 13.2. The summed E-state index contributed by atoms with van der Waals surface area (Å²) in [6.45, 7) is -1.31. The Labute approximate surface area is 497 Å². The number of nitriles is 2. The van der Waals surface area contributed by atoms with Crippen LogP contribution in [-0.2, 0) is 0 Å². The van der Waals surface area contributed by atoms with E-state index in [0.717, 1.165) is 42.3 Å². The number of hydrogen-bond donors (Lipinski definition) is 0. The smallest absolute Gasteiger partial charge is 0.328 e. The van der Waals surface area contributed by atoms with Crippen LogP contribution in [0.15, 0.2) is 207 Å². The van der Waals surface area contributed by atoms with Crippen molar-refractivity contribution in [2.75, 3.05) is 0 Å². The molecular weight excluding hydrogens is 1140 g/mol. The highest BCUT2D eigenvalue weighted by Gasteiger charge is 2.39. The van der Waals surface area contributed by atoms with Gasteiger partial charge in [0.15, 0.2) is 0 Å². The van der Waals surface area contributed by atoms with E-state index in [1.54, 1.807) is 36.7 Å². The van der Waals surface area contributed by atoms with Gasteiger partial charge in [-0.1, -0.05) is 214 Å². The maximum Gasteiger partial charge on any atom is 0.328 e. The molecule has 0 amide bonds. The van der Waals surface area contributed by atoms with Crippen LogP contribution in [0.3, 0.4) is 0 Å². The molecule has 0 bridgehead atoms. The first kappa shape index (κ1) is 51.2. The largest absolute Gasteiger partial charge is 0.372 e. The minimum atomic E-state index is -0.654. The average molecular weight is 1170 g/mol. The summed E-state index contributed by atoms with van der Waals surface area (Å²) in [6.07, 6.45) is 3.21. The standard InChI is InChI=1S/C64H34B2Cl4N10S2/c67-43-29-49-51(31-45(43)69)75-53(35-73-49)41(33-71)59-57-58(61(63-77-47-25-13-15-27-55(47)81-63)79(59)65(37-17-5-1-6-18-37)38-19-7-2-8-20-38)60(42(34-72)54-36-74-50-30-44(68)46(70)32-52(50)76-54)80(62(57)64-78-48-26-14-16-28-56(48)82-64)66(39-21-9-3-10-22-39)40-23-11-4-12-24-40/h1-32,35-36H/b59-41-,60-42-. The van der Waals surface area contributed by atoms with E-state index in [2.05, 4.69) is 81.8 Å². The molecule has 0 atom stereocenters. The summed E-state index contributed by atoms with van der Waals surface area (Å²) in [5.41, 5.74) is 9.08. The lowest BCUT2D eigenvalue weighted by molar-refractivity contribution is 1.12. The summed E-state index contributed by atoms with van der Waals surface area (Å²) >= 11 is 29.7. The number of nitrogens with zero attached hydrogens (tertiary/aromatic N) is 10. The summed E-state index contributed by atoms with van der Waals surface area (Å²) < 4.78 is 6.30. The molecule has 10 nitrogen and oxygen atoms in total. The van der Waals surface area contributed by atoms with E-state index in [1.165, 1.54) is 22.7 Å². The first-order valence-electron chi connectivity index (χ1n) is 25.8. The second-order valence-corrected chi connectivity index (χ2v) is 23.0. The highest BCUT2D eigenvalue weighted by Crippen LogP contribution is 2.41. The molecule has 0 spiro atoms. The zero-order chi connectivity index (χ0) is 55.6. The number of benzene rings is 8. The van der Waals surface area contributed by atoms with Gasteiger partial charge in [-0.15, -0.1) is 22.7 Å². The van der Waals surface area contributed by atoms with Gasteiger partial charge in [-0.2, -0.15) is 10.5 Å². The maximum atomic E-state index is 12.4. The Morgan fingerprint density at radius 1 is 0.390 bits per heavy atom. The number of aromatic nitrogens is 8. The lowest BCUT2D eigenvalue weighted by Gasteiger charge is -2.23. The third-order valence-corrected chi connectivity index (χ3v) is 18.0. The summed E-state index contributed by atoms with van der Waals surface area (Å²) in [7, 11) is 0. The van der Waals surface area contributed by atoms with Crippen LogP contribution < -0.4 is 32.5 Å². The molecule has 0 saturated heterocycles. The SMILES string of the molecule is N#C/C(c1cnc2cc(Cl)c(Cl)cc2n1)=c1\c2c(-c3nc4ccccc4s3)n(B(c3ccccc3)c3ccccc3)/c(=C(/C#N)c3cnc4cc(Cl)c(Cl)cc4n3)c2c(-c2nc3ccccc3s2)n1B(c1ccccc1)c1ccccc1. The molecular formula is C64H34B2Cl4N10S2. The fraction of sp³-hybridized carbons (Fsp3) is 0. The molecule has 8 aromatic carbocycles. The lowest BCUT2D eigenvalue weighted by Crippen LogP contribution is -2.54. The first-order chi connectivity index (χ1) is 40.2. The zero-order valence-corrected chi connectivity index (χ0v) is 47.2. The fourth-order valence-electron chi connectivity index (χ4n) is 11.0. The third kappa shape index (κ3) is 8.80. The van der Waals surface area contributed by atoms with E-state index < -0.39 is 13.7 Å². The molecule has 0 aliphatic rings. The van der Waals surface area contributed by atoms with Gasteiger partial charge in [0.05, 0.1) is 97.1 Å². The van der Waals surface area contributed by atoms with E-state index in [9.17, 15) is 10.5 Å². The van der Waals surface area contributed by atoms with Crippen LogP contribution in [0.2, 0.25) is 20.1 Å². The molecule has 386 valence electrons. The highest BCUT2D eigenvalue weighted by atomic mass is 35.5. The second kappa shape index (κ2) is 21.2. The Morgan fingerprint density at radius 3 is 1.04 bits per heavy atom. The van der Waals surface area contributed by atoms with Crippen molar-refractivity contribution in [2.45, 2.75) is 0 Å². The molecule has 0 fully saturated rings. The minimum absolute atomic E-state index is 0.173. The molecule has 6 heterocycles. The van der Waals surface area contributed by atoms with E-state index in [0.29, 0.717) is 75.0 Å². The van der Waals surface area contributed by atoms with Gasteiger partial charge in [0, 0.05) is 10.8 Å². The molecule has 18 heteroatoms. The van der Waals surface area contributed by atoms with Crippen molar-refractivity contribution >= 4 is 169 Å². The number of thiazole rings is 2. The quantitative estimate of drug-likeness (QED) is 0.124. The van der Waals surface area contributed by atoms with Crippen molar-refractivity contribution in [3.8, 4) is 33.5 Å². The molecule has 14 aromatic rings.